The Kier molecular flexibility index (Phi) is 5.69. The van der Waals surface area contributed by atoms with Crippen molar-refractivity contribution in [1.29, 1.82) is 0 Å². The number of para-hydroxylation sites is 1. The van der Waals surface area contributed by atoms with Crippen LogP contribution in [0.2, 0.25) is 0 Å². The number of carbonyl (C=O) groups is 2. The molecule has 0 radical (unpaired) electrons. The summed E-state index contributed by atoms with van der Waals surface area (Å²) in [5.74, 6) is 0.571. The molecule has 0 unspecified atom stereocenters. The van der Waals surface area contributed by atoms with Crippen molar-refractivity contribution in [1.82, 2.24) is 0 Å². The number of nitrogens with one attached hydrogen (secondary N) is 2. The monoisotopic (exact) mass is 362 g/mol. The maximum atomic E-state index is 12.6. The zero-order chi connectivity index (χ0) is 19.1. The summed E-state index contributed by atoms with van der Waals surface area (Å²) in [7, 11) is 1.58. The molecule has 0 bridgehead atoms. The van der Waals surface area contributed by atoms with E-state index in [1.807, 2.05) is 0 Å². The van der Waals surface area contributed by atoms with Crippen molar-refractivity contribution in [3.63, 3.8) is 0 Å². The molecule has 3 aromatic rings. The van der Waals surface area contributed by atoms with E-state index in [1.54, 1.807) is 73.8 Å². The maximum Gasteiger partial charge on any atom is 0.257 e. The Morgan fingerprint density at radius 3 is 2.44 bits per heavy atom. The van der Waals surface area contributed by atoms with Crippen LogP contribution in [0, 0.1) is 0 Å². The average Bonchev–Trinajstić information content (AvgIpc) is 3.21. The first kappa shape index (κ1) is 18.0. The van der Waals surface area contributed by atoms with Gasteiger partial charge in [0.1, 0.15) is 11.5 Å². The van der Waals surface area contributed by atoms with Gasteiger partial charge in [-0.15, -0.1) is 0 Å². The third kappa shape index (κ3) is 4.85. The Bertz CT molecular complexity index is 945. The lowest BCUT2D eigenvalue weighted by Crippen LogP contribution is -2.17. The van der Waals surface area contributed by atoms with Gasteiger partial charge >= 0.3 is 0 Å². The summed E-state index contributed by atoms with van der Waals surface area (Å²) in [6, 6.07) is 17.2. The van der Waals surface area contributed by atoms with Gasteiger partial charge in [0.25, 0.3) is 5.91 Å². The fourth-order valence-corrected chi connectivity index (χ4v) is 2.38. The Labute approximate surface area is 156 Å². The molecule has 2 N–H and O–H groups in total. The third-order valence-electron chi connectivity index (χ3n) is 3.72. The molecule has 0 saturated heterocycles. The minimum absolute atomic E-state index is 0.328. The van der Waals surface area contributed by atoms with E-state index in [0.29, 0.717) is 28.4 Å². The third-order valence-corrected chi connectivity index (χ3v) is 3.72. The Hall–Kier alpha value is -3.80. The van der Waals surface area contributed by atoms with Crippen LogP contribution in [0.5, 0.6) is 5.75 Å². The van der Waals surface area contributed by atoms with Crippen LogP contribution in [0.15, 0.2) is 77.4 Å². The molecule has 0 atom stereocenters. The van der Waals surface area contributed by atoms with Crippen LogP contribution in [-0.4, -0.2) is 18.9 Å². The highest BCUT2D eigenvalue weighted by molar-refractivity contribution is 6.11. The molecular weight excluding hydrogens is 344 g/mol. The van der Waals surface area contributed by atoms with Crippen molar-refractivity contribution >= 4 is 29.3 Å². The van der Waals surface area contributed by atoms with Gasteiger partial charge in [-0.25, -0.2) is 0 Å². The van der Waals surface area contributed by atoms with Crippen molar-refractivity contribution in [2.45, 2.75) is 0 Å². The van der Waals surface area contributed by atoms with Crippen molar-refractivity contribution in [3.8, 4) is 5.75 Å². The van der Waals surface area contributed by atoms with Crippen molar-refractivity contribution in [3.05, 3.63) is 84.3 Å². The van der Waals surface area contributed by atoms with Gasteiger partial charge in [-0.2, -0.15) is 0 Å². The lowest BCUT2D eigenvalue weighted by Gasteiger charge is -2.11. The molecule has 0 fully saturated rings. The molecule has 2 amide bonds. The molecule has 0 aliphatic carbocycles. The van der Waals surface area contributed by atoms with Gasteiger partial charge < -0.3 is 19.8 Å². The van der Waals surface area contributed by atoms with E-state index in [1.165, 1.54) is 12.3 Å². The van der Waals surface area contributed by atoms with Gasteiger partial charge in [-0.3, -0.25) is 9.59 Å². The quantitative estimate of drug-likeness (QED) is 0.644. The highest BCUT2D eigenvalue weighted by Crippen LogP contribution is 2.19. The number of rotatable bonds is 6. The molecule has 0 spiro atoms. The maximum absolute atomic E-state index is 12.6. The fraction of sp³-hybridized carbons (Fsp3) is 0.0476. The fourth-order valence-electron chi connectivity index (χ4n) is 2.38. The molecule has 6 heteroatoms. The minimum atomic E-state index is -0.365. The smallest absolute Gasteiger partial charge is 0.257 e. The second kappa shape index (κ2) is 8.53. The second-order valence-electron chi connectivity index (χ2n) is 5.57. The topological polar surface area (TPSA) is 80.6 Å². The number of hydrogen-bond donors (Lipinski definition) is 2. The van der Waals surface area contributed by atoms with Crippen LogP contribution < -0.4 is 15.4 Å². The van der Waals surface area contributed by atoms with Gasteiger partial charge in [0.05, 0.1) is 24.6 Å². The first-order valence-corrected chi connectivity index (χ1v) is 8.23. The number of anilines is 2. The predicted octanol–water partition coefficient (Wildman–Crippen LogP) is 4.19. The van der Waals surface area contributed by atoms with Gasteiger partial charge in [0, 0.05) is 11.8 Å². The summed E-state index contributed by atoms with van der Waals surface area (Å²) >= 11 is 0. The summed E-state index contributed by atoms with van der Waals surface area (Å²) in [4.78, 5) is 24.7. The molecule has 0 saturated carbocycles. The summed E-state index contributed by atoms with van der Waals surface area (Å²) < 4.78 is 10.2. The SMILES string of the molecule is COc1ccc(NC(=O)c2ccccc2NC(=O)/C=C/c2ccco2)cc1. The Morgan fingerprint density at radius 1 is 0.963 bits per heavy atom. The van der Waals surface area contributed by atoms with E-state index in [9.17, 15) is 9.59 Å². The lowest BCUT2D eigenvalue weighted by atomic mass is 10.1. The summed E-state index contributed by atoms with van der Waals surface area (Å²) in [6.07, 6.45) is 4.42. The first-order chi connectivity index (χ1) is 13.2. The van der Waals surface area contributed by atoms with Crippen LogP contribution in [0.3, 0.4) is 0 Å². The standard InChI is InChI=1S/C21H18N2O4/c1-26-16-10-8-15(9-11-16)22-21(25)18-6-2-3-7-19(18)23-20(24)13-12-17-5-4-14-27-17/h2-14H,1H3,(H,22,25)(H,23,24)/b13-12+. The van der Waals surface area contributed by atoms with E-state index in [-0.39, 0.29) is 11.8 Å². The molecular formula is C21H18N2O4. The number of amides is 2. The number of ether oxygens (including phenoxy) is 1. The van der Waals surface area contributed by atoms with Gasteiger partial charge in [-0.1, -0.05) is 12.1 Å². The first-order valence-electron chi connectivity index (χ1n) is 8.23. The number of furan rings is 1. The van der Waals surface area contributed by atoms with Crippen LogP contribution >= 0.6 is 0 Å². The Morgan fingerprint density at radius 2 is 1.74 bits per heavy atom. The highest BCUT2D eigenvalue weighted by Gasteiger charge is 2.12. The van der Waals surface area contributed by atoms with Crippen molar-refractivity contribution in [2.24, 2.45) is 0 Å². The van der Waals surface area contributed by atoms with Gasteiger partial charge in [-0.05, 0) is 54.6 Å². The molecule has 136 valence electrons. The molecule has 0 aliphatic heterocycles. The van der Waals surface area contributed by atoms with Gasteiger partial charge in [0.2, 0.25) is 5.91 Å². The molecule has 27 heavy (non-hydrogen) atoms. The summed E-state index contributed by atoms with van der Waals surface area (Å²) in [5, 5.41) is 5.51. The minimum Gasteiger partial charge on any atom is -0.497 e. The zero-order valence-corrected chi connectivity index (χ0v) is 14.6. The van der Waals surface area contributed by atoms with Crippen LogP contribution in [0.1, 0.15) is 16.1 Å². The molecule has 6 nitrogen and oxygen atoms in total. The second-order valence-corrected chi connectivity index (χ2v) is 5.57. The van der Waals surface area contributed by atoms with E-state index in [4.69, 9.17) is 9.15 Å². The van der Waals surface area contributed by atoms with E-state index >= 15 is 0 Å². The molecule has 1 heterocycles. The zero-order valence-electron chi connectivity index (χ0n) is 14.6. The Balaban J connectivity index is 1.70. The summed E-state index contributed by atoms with van der Waals surface area (Å²) in [6.45, 7) is 0. The molecule has 0 aliphatic rings. The number of hydrogen-bond acceptors (Lipinski definition) is 4. The van der Waals surface area contributed by atoms with Crippen molar-refractivity contribution < 1.29 is 18.7 Å². The van der Waals surface area contributed by atoms with Gasteiger partial charge in [0.15, 0.2) is 0 Å². The van der Waals surface area contributed by atoms with Crippen LogP contribution in [-0.2, 0) is 4.79 Å². The van der Waals surface area contributed by atoms with Crippen LogP contribution in [0.4, 0.5) is 11.4 Å². The molecule has 2 aromatic carbocycles. The number of carbonyl (C=O) groups excluding carboxylic acids is 2. The van der Waals surface area contributed by atoms with Crippen molar-refractivity contribution in [2.75, 3.05) is 17.7 Å². The highest BCUT2D eigenvalue weighted by atomic mass is 16.5. The van der Waals surface area contributed by atoms with Crippen LogP contribution in [0.25, 0.3) is 6.08 Å². The average molecular weight is 362 g/mol. The number of benzene rings is 2. The molecule has 3 rings (SSSR count). The van der Waals surface area contributed by atoms with E-state index in [0.717, 1.165) is 0 Å². The number of methoxy groups -OCH3 is 1. The largest absolute Gasteiger partial charge is 0.497 e. The summed E-state index contributed by atoms with van der Waals surface area (Å²) in [5.41, 5.74) is 1.39. The normalized spacial score (nSPS) is 10.6. The lowest BCUT2D eigenvalue weighted by molar-refractivity contribution is -0.111. The molecule has 1 aromatic heterocycles. The van der Waals surface area contributed by atoms with E-state index < -0.39 is 0 Å². The predicted molar refractivity (Wildman–Crippen MR) is 104 cm³/mol. The van der Waals surface area contributed by atoms with E-state index in [2.05, 4.69) is 10.6 Å².